The molecule has 2 aromatic carbocycles. The summed E-state index contributed by atoms with van der Waals surface area (Å²) in [5.74, 6) is -0.300. The van der Waals surface area contributed by atoms with Crippen LogP contribution in [0, 0.1) is 0 Å². The van der Waals surface area contributed by atoms with E-state index in [2.05, 4.69) is 20.6 Å². The highest BCUT2D eigenvalue weighted by Crippen LogP contribution is 2.13. The highest BCUT2D eigenvalue weighted by molar-refractivity contribution is 5.75. The molecule has 9 heteroatoms. The van der Waals surface area contributed by atoms with E-state index in [-0.39, 0.29) is 12.5 Å². The fourth-order valence-corrected chi connectivity index (χ4v) is 2.96. The van der Waals surface area contributed by atoms with E-state index in [9.17, 15) is 4.79 Å². The summed E-state index contributed by atoms with van der Waals surface area (Å²) in [6, 6.07) is 15.4. The molecule has 0 N–H and O–H groups in total. The zero-order valence-electron chi connectivity index (χ0n) is 14.9. The molecule has 4 aromatic rings. The van der Waals surface area contributed by atoms with Crippen LogP contribution in [0.3, 0.4) is 0 Å². The van der Waals surface area contributed by atoms with E-state index in [1.54, 1.807) is 16.3 Å². The maximum Gasteiger partial charge on any atom is 0.320 e. The first kappa shape index (κ1) is 17.1. The van der Waals surface area contributed by atoms with Gasteiger partial charge in [0.2, 0.25) is 0 Å². The van der Waals surface area contributed by atoms with Gasteiger partial charge in [0, 0.05) is 0 Å². The topological polar surface area (TPSA) is 91.0 Å². The zero-order chi connectivity index (χ0) is 18.6. The Labute approximate surface area is 155 Å². The van der Waals surface area contributed by atoms with Crippen molar-refractivity contribution in [3.05, 3.63) is 48.5 Å². The Morgan fingerprint density at radius 1 is 0.926 bits per heavy atom. The van der Waals surface area contributed by atoms with Crippen molar-refractivity contribution in [3.8, 4) is 0 Å². The Kier molecular flexibility index (Phi) is 4.75. The van der Waals surface area contributed by atoms with Crippen molar-refractivity contribution < 1.29 is 9.53 Å². The molecular formula is C18H19N7O2. The normalized spacial score (nSPS) is 11.5. The average molecular weight is 365 g/mol. The number of ether oxygens (including phenoxy) is 1. The van der Waals surface area contributed by atoms with Gasteiger partial charge in [-0.1, -0.05) is 34.7 Å². The van der Waals surface area contributed by atoms with E-state index in [1.807, 2.05) is 53.4 Å². The predicted molar refractivity (Wildman–Crippen MR) is 98.4 cm³/mol. The number of hydrogen-bond acceptors (Lipinski definition) is 7. The van der Waals surface area contributed by atoms with Crippen molar-refractivity contribution >= 4 is 28.0 Å². The number of carbonyl (C=O) groups excluding carboxylic acids is 1. The zero-order valence-corrected chi connectivity index (χ0v) is 14.9. The molecule has 0 bridgehead atoms. The number of carbonyl (C=O) groups is 1. The second-order valence-electron chi connectivity index (χ2n) is 6.07. The van der Waals surface area contributed by atoms with Crippen LogP contribution in [-0.4, -0.2) is 54.0 Å². The van der Waals surface area contributed by atoms with Gasteiger partial charge < -0.3 is 4.74 Å². The average Bonchev–Trinajstić information content (AvgIpc) is 3.27. The highest BCUT2D eigenvalue weighted by Gasteiger charge is 2.16. The lowest BCUT2D eigenvalue weighted by molar-refractivity contribution is -0.145. The third-order valence-electron chi connectivity index (χ3n) is 4.17. The van der Waals surface area contributed by atoms with Gasteiger partial charge in [0.1, 0.15) is 11.0 Å². The summed E-state index contributed by atoms with van der Waals surface area (Å²) < 4.78 is 8.63. The number of fused-ring (bicyclic) bond motifs is 2. The maximum atomic E-state index is 12.1. The van der Waals surface area contributed by atoms with E-state index in [0.717, 1.165) is 22.1 Å². The van der Waals surface area contributed by atoms with E-state index in [4.69, 9.17) is 4.74 Å². The molecule has 0 saturated heterocycles. The molecule has 0 aliphatic heterocycles. The summed E-state index contributed by atoms with van der Waals surface area (Å²) >= 11 is 0. The smallest absolute Gasteiger partial charge is 0.320 e. The minimum atomic E-state index is -0.300. The second-order valence-corrected chi connectivity index (χ2v) is 6.07. The summed E-state index contributed by atoms with van der Waals surface area (Å²) in [5, 5.41) is 16.8. The van der Waals surface area contributed by atoms with Gasteiger partial charge >= 0.3 is 5.97 Å². The van der Waals surface area contributed by atoms with Crippen molar-refractivity contribution in [1.82, 2.24) is 34.9 Å². The number of nitrogens with zero attached hydrogens (tertiary/aromatic N) is 7. The van der Waals surface area contributed by atoms with Crippen molar-refractivity contribution in [2.45, 2.75) is 20.3 Å². The van der Waals surface area contributed by atoms with E-state index >= 15 is 0 Å². The minimum Gasteiger partial charge on any atom is -0.465 e. The summed E-state index contributed by atoms with van der Waals surface area (Å²) in [7, 11) is 0. The summed E-state index contributed by atoms with van der Waals surface area (Å²) in [5.41, 5.74) is 3.41. The number of aromatic nitrogens is 6. The van der Waals surface area contributed by atoms with Crippen LogP contribution in [0.15, 0.2) is 48.5 Å². The Morgan fingerprint density at radius 2 is 1.44 bits per heavy atom. The minimum absolute atomic E-state index is 0.107. The number of esters is 1. The van der Waals surface area contributed by atoms with E-state index < -0.39 is 0 Å². The van der Waals surface area contributed by atoms with Crippen molar-refractivity contribution in [2.24, 2.45) is 0 Å². The molecule has 0 amide bonds. The first-order valence-corrected chi connectivity index (χ1v) is 8.69. The molecule has 0 fully saturated rings. The van der Waals surface area contributed by atoms with Gasteiger partial charge in [-0.3, -0.25) is 9.69 Å². The third-order valence-corrected chi connectivity index (χ3v) is 4.17. The maximum absolute atomic E-state index is 12.1. The molecule has 27 heavy (non-hydrogen) atoms. The largest absolute Gasteiger partial charge is 0.465 e. The van der Waals surface area contributed by atoms with Crippen LogP contribution in [0.4, 0.5) is 0 Å². The van der Waals surface area contributed by atoms with Gasteiger partial charge in [0.25, 0.3) is 0 Å². The third kappa shape index (κ3) is 3.63. The standard InChI is InChI=1S/C18H19N7O2/c1-2-27-18(26)11-23(12-24-16-9-5-3-7-14(16)19-21-24)13-25-17-10-6-4-8-15(17)20-22-25/h3-10H,2,11-13H2,1H3. The van der Waals surface area contributed by atoms with Gasteiger partial charge in [-0.15, -0.1) is 10.2 Å². The number of benzene rings is 2. The summed E-state index contributed by atoms with van der Waals surface area (Å²) in [4.78, 5) is 14.0. The Morgan fingerprint density at radius 3 is 1.96 bits per heavy atom. The molecule has 0 atom stereocenters. The molecule has 0 aliphatic carbocycles. The molecule has 138 valence electrons. The van der Waals surface area contributed by atoms with E-state index in [0.29, 0.717) is 19.9 Å². The predicted octanol–water partition coefficient (Wildman–Crippen LogP) is 1.66. The monoisotopic (exact) mass is 365 g/mol. The molecule has 0 radical (unpaired) electrons. The lowest BCUT2D eigenvalue weighted by Gasteiger charge is -2.21. The Balaban J connectivity index is 1.61. The SMILES string of the molecule is CCOC(=O)CN(Cn1nnc2ccccc21)Cn1nnc2ccccc21. The Bertz CT molecular complexity index is 996. The van der Waals surface area contributed by atoms with Gasteiger partial charge in [0.15, 0.2) is 0 Å². The van der Waals surface area contributed by atoms with Crippen LogP contribution in [0.1, 0.15) is 6.92 Å². The van der Waals surface area contributed by atoms with Gasteiger partial charge in [-0.2, -0.15) is 0 Å². The molecule has 2 aromatic heterocycles. The van der Waals surface area contributed by atoms with Crippen LogP contribution in [0.5, 0.6) is 0 Å². The van der Waals surface area contributed by atoms with Crippen LogP contribution < -0.4 is 0 Å². The molecule has 0 unspecified atom stereocenters. The molecule has 4 rings (SSSR count). The van der Waals surface area contributed by atoms with Crippen LogP contribution in [0.2, 0.25) is 0 Å². The van der Waals surface area contributed by atoms with Gasteiger partial charge in [-0.25, -0.2) is 9.36 Å². The quantitative estimate of drug-likeness (QED) is 0.460. The number of rotatable bonds is 7. The van der Waals surface area contributed by atoms with Crippen molar-refractivity contribution in [3.63, 3.8) is 0 Å². The van der Waals surface area contributed by atoms with Crippen LogP contribution in [-0.2, 0) is 22.9 Å². The number of para-hydroxylation sites is 2. The van der Waals surface area contributed by atoms with Crippen molar-refractivity contribution in [2.75, 3.05) is 13.2 Å². The van der Waals surface area contributed by atoms with Crippen LogP contribution in [0.25, 0.3) is 22.1 Å². The first-order valence-electron chi connectivity index (χ1n) is 8.69. The molecule has 9 nitrogen and oxygen atoms in total. The fourth-order valence-electron chi connectivity index (χ4n) is 2.96. The lowest BCUT2D eigenvalue weighted by Crippen LogP contribution is -2.35. The summed E-state index contributed by atoms with van der Waals surface area (Å²) in [6.45, 7) is 2.97. The second kappa shape index (κ2) is 7.50. The summed E-state index contributed by atoms with van der Waals surface area (Å²) in [6.07, 6.45) is 0. The van der Waals surface area contributed by atoms with Crippen LogP contribution >= 0.6 is 0 Å². The molecular weight excluding hydrogens is 346 g/mol. The molecule has 0 saturated carbocycles. The molecule has 2 heterocycles. The van der Waals surface area contributed by atoms with Gasteiger partial charge in [0.05, 0.1) is 37.5 Å². The highest BCUT2D eigenvalue weighted by atomic mass is 16.5. The lowest BCUT2D eigenvalue weighted by atomic mass is 10.3. The Hall–Kier alpha value is -3.33. The molecule has 0 aliphatic rings. The van der Waals surface area contributed by atoms with Gasteiger partial charge in [-0.05, 0) is 31.2 Å². The van der Waals surface area contributed by atoms with E-state index in [1.165, 1.54) is 0 Å². The fraction of sp³-hybridized carbons (Fsp3) is 0.278. The molecule has 0 spiro atoms. The number of hydrogen-bond donors (Lipinski definition) is 0. The van der Waals surface area contributed by atoms with Crippen molar-refractivity contribution in [1.29, 1.82) is 0 Å². The first-order chi connectivity index (χ1) is 13.2.